The number of aromatic nitrogens is 4. The summed E-state index contributed by atoms with van der Waals surface area (Å²) in [6.45, 7) is 4.49. The summed E-state index contributed by atoms with van der Waals surface area (Å²) in [4.78, 5) is 30.2. The predicted octanol–water partition coefficient (Wildman–Crippen LogP) is 3.66. The van der Waals surface area contributed by atoms with E-state index in [0.717, 1.165) is 29.8 Å². The third-order valence-electron chi connectivity index (χ3n) is 6.47. The number of pyridine rings is 1. The molecule has 5 rings (SSSR count). The Bertz CT molecular complexity index is 1090. The van der Waals surface area contributed by atoms with Gasteiger partial charge in [0.1, 0.15) is 11.5 Å². The molecule has 4 heterocycles. The van der Waals surface area contributed by atoms with Gasteiger partial charge in [0.2, 0.25) is 11.9 Å². The fourth-order valence-electron chi connectivity index (χ4n) is 4.76. The van der Waals surface area contributed by atoms with Gasteiger partial charge in [0.25, 0.3) is 0 Å². The number of aryl methyl sites for hydroxylation is 1. The van der Waals surface area contributed by atoms with Gasteiger partial charge < -0.3 is 19.7 Å². The zero-order valence-corrected chi connectivity index (χ0v) is 18.2. The average molecular weight is 420 g/mol. The number of amides is 1. The summed E-state index contributed by atoms with van der Waals surface area (Å²) in [6, 6.07) is 6.51. The van der Waals surface area contributed by atoms with E-state index in [1.807, 2.05) is 30.3 Å². The van der Waals surface area contributed by atoms with E-state index in [4.69, 9.17) is 4.98 Å². The molecule has 1 N–H and O–H groups in total. The highest BCUT2D eigenvalue weighted by atomic mass is 16.2. The van der Waals surface area contributed by atoms with Gasteiger partial charge >= 0.3 is 0 Å². The lowest BCUT2D eigenvalue weighted by atomic mass is 10.2. The lowest BCUT2D eigenvalue weighted by Crippen LogP contribution is -2.32. The number of fused-ring (bicyclic) bond motifs is 1. The zero-order valence-electron chi connectivity index (χ0n) is 18.2. The highest BCUT2D eigenvalue weighted by Crippen LogP contribution is 2.34. The number of nitrogens with zero attached hydrogens (tertiary/aromatic N) is 6. The van der Waals surface area contributed by atoms with Crippen molar-refractivity contribution in [3.63, 3.8) is 0 Å². The van der Waals surface area contributed by atoms with Crippen molar-refractivity contribution in [2.75, 3.05) is 36.9 Å². The Morgan fingerprint density at radius 2 is 1.90 bits per heavy atom. The fourth-order valence-corrected chi connectivity index (χ4v) is 4.76. The van der Waals surface area contributed by atoms with E-state index < -0.39 is 0 Å². The molecule has 0 bridgehead atoms. The van der Waals surface area contributed by atoms with Crippen molar-refractivity contribution in [2.24, 2.45) is 0 Å². The van der Waals surface area contributed by atoms with E-state index in [1.54, 1.807) is 6.20 Å². The van der Waals surface area contributed by atoms with Gasteiger partial charge in [0.15, 0.2) is 0 Å². The first-order valence-corrected chi connectivity index (χ1v) is 11.1. The third kappa shape index (κ3) is 3.99. The van der Waals surface area contributed by atoms with Gasteiger partial charge in [-0.2, -0.15) is 4.98 Å². The maximum atomic E-state index is 12.4. The molecule has 1 saturated carbocycles. The average Bonchev–Trinajstić information content (AvgIpc) is 3.36. The van der Waals surface area contributed by atoms with Gasteiger partial charge in [-0.15, -0.1) is 0 Å². The van der Waals surface area contributed by atoms with Crippen molar-refractivity contribution < 1.29 is 4.79 Å². The van der Waals surface area contributed by atoms with E-state index in [-0.39, 0.29) is 5.91 Å². The summed E-state index contributed by atoms with van der Waals surface area (Å²) in [7, 11) is 2.05. The van der Waals surface area contributed by atoms with E-state index >= 15 is 0 Å². The van der Waals surface area contributed by atoms with Crippen molar-refractivity contribution in [3.05, 3.63) is 36.3 Å². The summed E-state index contributed by atoms with van der Waals surface area (Å²) >= 11 is 0. The van der Waals surface area contributed by atoms with Gasteiger partial charge in [-0.3, -0.25) is 4.79 Å². The number of hydrogen-bond acceptors (Lipinski definition) is 6. The minimum atomic E-state index is 0.142. The van der Waals surface area contributed by atoms with Crippen LogP contribution in [0, 0.1) is 6.92 Å². The van der Waals surface area contributed by atoms with E-state index in [0.29, 0.717) is 30.8 Å². The Balaban J connectivity index is 1.36. The Morgan fingerprint density at radius 3 is 2.68 bits per heavy atom. The number of carbonyl (C=O) groups excluding carboxylic acids is 1. The van der Waals surface area contributed by atoms with Crippen LogP contribution < -0.4 is 10.2 Å². The van der Waals surface area contributed by atoms with Crippen LogP contribution in [0.1, 0.15) is 43.8 Å². The van der Waals surface area contributed by atoms with Crippen molar-refractivity contribution in [3.8, 4) is 0 Å². The molecule has 2 aliphatic rings. The van der Waals surface area contributed by atoms with E-state index in [9.17, 15) is 4.79 Å². The van der Waals surface area contributed by atoms with Crippen LogP contribution in [-0.2, 0) is 4.79 Å². The highest BCUT2D eigenvalue weighted by molar-refractivity contribution is 5.93. The second kappa shape index (κ2) is 8.26. The molecule has 1 aliphatic heterocycles. The number of hydrogen-bond donors (Lipinski definition) is 1. The molecule has 8 nitrogen and oxygen atoms in total. The first kappa shape index (κ1) is 19.9. The first-order valence-electron chi connectivity index (χ1n) is 11.1. The number of likely N-dealkylation sites (N-methyl/N-ethyl adjacent to an activating group) is 1. The largest absolute Gasteiger partial charge is 0.327 e. The number of carbonyl (C=O) groups is 1. The molecule has 3 aromatic heterocycles. The molecule has 1 saturated heterocycles. The lowest BCUT2D eigenvalue weighted by Gasteiger charge is -2.20. The molecule has 0 spiro atoms. The monoisotopic (exact) mass is 419 g/mol. The van der Waals surface area contributed by atoms with Crippen molar-refractivity contribution in [1.29, 1.82) is 0 Å². The van der Waals surface area contributed by atoms with E-state index in [2.05, 4.69) is 37.7 Å². The molecule has 1 aliphatic carbocycles. The number of nitrogens with one attached hydrogen (secondary N) is 1. The Kier molecular flexibility index (Phi) is 5.31. The van der Waals surface area contributed by atoms with Gasteiger partial charge in [-0.25, -0.2) is 9.97 Å². The highest BCUT2D eigenvalue weighted by Gasteiger charge is 2.22. The molecular formula is C23H29N7O. The smallest absolute Gasteiger partial charge is 0.230 e. The number of rotatable bonds is 4. The molecule has 3 aromatic rings. The minimum Gasteiger partial charge on any atom is -0.327 e. The summed E-state index contributed by atoms with van der Waals surface area (Å²) in [6.07, 6.45) is 9.15. The summed E-state index contributed by atoms with van der Waals surface area (Å²) in [5, 5.41) is 4.30. The molecule has 0 aromatic carbocycles. The quantitative estimate of drug-likeness (QED) is 0.695. The van der Waals surface area contributed by atoms with Crippen molar-refractivity contribution in [2.45, 2.75) is 45.1 Å². The van der Waals surface area contributed by atoms with Crippen LogP contribution in [0.15, 0.2) is 30.6 Å². The molecule has 31 heavy (non-hydrogen) atoms. The molecule has 0 radical (unpaired) electrons. The number of anilines is 3. The third-order valence-corrected chi connectivity index (χ3v) is 6.47. The zero-order chi connectivity index (χ0) is 21.4. The molecule has 2 fully saturated rings. The fraction of sp³-hybridized carbons (Fsp3) is 0.478. The van der Waals surface area contributed by atoms with Gasteiger partial charge in [0.05, 0.1) is 11.9 Å². The SMILES string of the molecule is Cc1cc2cnc(Nc3ccc(N4CCN(C)CCC4=O)cn3)nc2n1C1CCCC1. The molecule has 0 atom stereocenters. The summed E-state index contributed by atoms with van der Waals surface area (Å²) in [5.74, 6) is 1.35. The van der Waals surface area contributed by atoms with Gasteiger partial charge in [-0.1, -0.05) is 12.8 Å². The maximum Gasteiger partial charge on any atom is 0.230 e. The standard InChI is InChI=1S/C23H29N7O/c1-16-13-17-14-25-23(27-22(17)30(16)18-5-3-4-6-18)26-20-8-7-19(15-24-20)29-12-11-28(2)10-9-21(29)31/h7-8,13-15,18H,3-6,9-12H2,1-2H3,(H,24,25,26,27). The van der Waals surface area contributed by atoms with E-state index in [1.165, 1.54) is 31.4 Å². The molecule has 1 amide bonds. The van der Waals surface area contributed by atoms with Crippen LogP contribution in [-0.4, -0.2) is 57.0 Å². The van der Waals surface area contributed by atoms with Gasteiger partial charge in [-0.05, 0) is 45.0 Å². The Hall–Kier alpha value is -3.00. The van der Waals surface area contributed by atoms with Crippen LogP contribution in [0.3, 0.4) is 0 Å². The molecule has 8 heteroatoms. The van der Waals surface area contributed by atoms with Crippen LogP contribution in [0.5, 0.6) is 0 Å². The molecular weight excluding hydrogens is 390 g/mol. The first-order chi connectivity index (χ1) is 15.1. The predicted molar refractivity (Wildman–Crippen MR) is 122 cm³/mol. The van der Waals surface area contributed by atoms with Crippen molar-refractivity contribution >= 4 is 34.4 Å². The Labute approximate surface area is 182 Å². The molecule has 162 valence electrons. The maximum absolute atomic E-state index is 12.4. The van der Waals surface area contributed by atoms with Crippen LogP contribution in [0.25, 0.3) is 11.0 Å². The lowest BCUT2D eigenvalue weighted by molar-refractivity contribution is -0.118. The van der Waals surface area contributed by atoms with Crippen LogP contribution in [0.2, 0.25) is 0 Å². The van der Waals surface area contributed by atoms with Crippen LogP contribution in [0.4, 0.5) is 17.5 Å². The normalized spacial score (nSPS) is 18.6. The molecule has 0 unspecified atom stereocenters. The second-order valence-corrected chi connectivity index (χ2v) is 8.69. The second-order valence-electron chi connectivity index (χ2n) is 8.69. The van der Waals surface area contributed by atoms with Crippen LogP contribution >= 0.6 is 0 Å². The Morgan fingerprint density at radius 1 is 1.06 bits per heavy atom. The minimum absolute atomic E-state index is 0.142. The summed E-state index contributed by atoms with van der Waals surface area (Å²) in [5.41, 5.74) is 3.05. The van der Waals surface area contributed by atoms with Gasteiger partial charge in [0, 0.05) is 49.4 Å². The van der Waals surface area contributed by atoms with Crippen molar-refractivity contribution in [1.82, 2.24) is 24.4 Å². The summed E-state index contributed by atoms with van der Waals surface area (Å²) < 4.78 is 2.37. The topological polar surface area (TPSA) is 79.2 Å².